The van der Waals surface area contributed by atoms with Crippen molar-refractivity contribution in [2.75, 3.05) is 26.8 Å². The van der Waals surface area contributed by atoms with Gasteiger partial charge in [-0.25, -0.2) is 0 Å². The first kappa shape index (κ1) is 13.2. The summed E-state index contributed by atoms with van der Waals surface area (Å²) in [6.45, 7) is 4.41. The minimum absolute atomic E-state index is 0.732. The van der Waals surface area contributed by atoms with Crippen LogP contribution in [-0.2, 0) is 11.2 Å². The molecule has 0 spiro atoms. The smallest absolute Gasteiger partial charge is 0.151 e. The van der Waals surface area contributed by atoms with E-state index in [4.69, 9.17) is 9.15 Å². The lowest BCUT2D eigenvalue weighted by molar-refractivity contribution is 0.199. The van der Waals surface area contributed by atoms with Crippen molar-refractivity contribution >= 4 is 11.3 Å². The number of hydrogen-bond donors (Lipinski definition) is 1. The summed E-state index contributed by atoms with van der Waals surface area (Å²) in [7, 11) is 1.70. The van der Waals surface area contributed by atoms with Gasteiger partial charge in [-0.3, -0.25) is 0 Å². The van der Waals surface area contributed by atoms with Gasteiger partial charge in [-0.15, -0.1) is 10.2 Å². The number of ether oxygens (including phenoxy) is 1. The highest BCUT2D eigenvalue weighted by atomic mass is 32.1. The third-order valence-electron chi connectivity index (χ3n) is 2.44. The molecule has 0 saturated heterocycles. The van der Waals surface area contributed by atoms with Crippen LogP contribution in [0.2, 0.25) is 0 Å². The van der Waals surface area contributed by atoms with Crippen molar-refractivity contribution < 1.29 is 9.15 Å². The maximum Gasteiger partial charge on any atom is 0.151 e. The minimum atomic E-state index is 0.732. The Labute approximate surface area is 110 Å². The SMILES string of the molecule is COCCNCCc1nnc(-c2coc(C)c2)s1. The van der Waals surface area contributed by atoms with Crippen LogP contribution in [0.15, 0.2) is 16.7 Å². The molecule has 0 aliphatic rings. The van der Waals surface area contributed by atoms with Gasteiger partial charge in [0.2, 0.25) is 0 Å². The van der Waals surface area contributed by atoms with E-state index in [1.165, 1.54) is 0 Å². The van der Waals surface area contributed by atoms with Gasteiger partial charge in [0.05, 0.1) is 12.2 Å². The van der Waals surface area contributed by atoms with Gasteiger partial charge in [0.1, 0.15) is 17.0 Å². The first-order valence-electron chi connectivity index (χ1n) is 5.87. The topological polar surface area (TPSA) is 60.2 Å². The number of nitrogens with one attached hydrogen (secondary N) is 1. The normalized spacial score (nSPS) is 11.0. The summed E-state index contributed by atoms with van der Waals surface area (Å²) >= 11 is 1.61. The summed E-state index contributed by atoms with van der Waals surface area (Å²) < 4.78 is 10.2. The molecule has 0 radical (unpaired) electrons. The lowest BCUT2D eigenvalue weighted by Gasteiger charge is -2.00. The molecule has 2 heterocycles. The molecule has 2 aromatic heterocycles. The molecule has 5 nitrogen and oxygen atoms in total. The number of nitrogens with zero attached hydrogens (tertiary/aromatic N) is 2. The van der Waals surface area contributed by atoms with Crippen molar-refractivity contribution in [2.24, 2.45) is 0 Å². The molecule has 0 atom stereocenters. The van der Waals surface area contributed by atoms with Crippen molar-refractivity contribution in [3.05, 3.63) is 23.1 Å². The van der Waals surface area contributed by atoms with Crippen LogP contribution in [0, 0.1) is 6.92 Å². The van der Waals surface area contributed by atoms with Crippen LogP contribution in [-0.4, -0.2) is 37.0 Å². The molecule has 0 aromatic carbocycles. The zero-order valence-corrected chi connectivity index (χ0v) is 11.4. The number of furan rings is 1. The fourth-order valence-electron chi connectivity index (χ4n) is 1.52. The van der Waals surface area contributed by atoms with E-state index in [9.17, 15) is 0 Å². The van der Waals surface area contributed by atoms with Gasteiger partial charge in [-0.2, -0.15) is 0 Å². The van der Waals surface area contributed by atoms with E-state index >= 15 is 0 Å². The largest absolute Gasteiger partial charge is 0.469 e. The van der Waals surface area contributed by atoms with E-state index < -0.39 is 0 Å². The number of aromatic nitrogens is 2. The Morgan fingerprint density at radius 2 is 2.28 bits per heavy atom. The molecule has 0 fully saturated rings. The summed E-state index contributed by atoms with van der Waals surface area (Å²) in [4.78, 5) is 0. The van der Waals surface area contributed by atoms with E-state index in [-0.39, 0.29) is 0 Å². The predicted molar refractivity (Wildman–Crippen MR) is 70.8 cm³/mol. The Balaban J connectivity index is 1.83. The van der Waals surface area contributed by atoms with Crippen LogP contribution < -0.4 is 5.32 Å². The standard InChI is InChI=1S/C12H17N3O2S/c1-9-7-10(8-17-9)12-15-14-11(18-12)3-4-13-5-6-16-2/h7-8,13H,3-6H2,1-2H3. The molecule has 6 heteroatoms. The second-order valence-electron chi connectivity index (χ2n) is 3.94. The number of aryl methyl sites for hydroxylation is 1. The van der Waals surface area contributed by atoms with Gasteiger partial charge in [0.25, 0.3) is 0 Å². The molecule has 0 aliphatic heterocycles. The fraction of sp³-hybridized carbons (Fsp3) is 0.500. The van der Waals surface area contributed by atoms with E-state index in [1.54, 1.807) is 24.7 Å². The van der Waals surface area contributed by atoms with Crippen molar-refractivity contribution in [3.8, 4) is 10.6 Å². The van der Waals surface area contributed by atoms with Crippen LogP contribution in [0.1, 0.15) is 10.8 Å². The average molecular weight is 267 g/mol. The maximum atomic E-state index is 5.27. The Kier molecular flexibility index (Phi) is 4.86. The van der Waals surface area contributed by atoms with Gasteiger partial charge >= 0.3 is 0 Å². The molecular weight excluding hydrogens is 250 g/mol. The maximum absolute atomic E-state index is 5.27. The van der Waals surface area contributed by atoms with Crippen LogP contribution in [0.25, 0.3) is 10.6 Å². The average Bonchev–Trinajstić information content (AvgIpc) is 2.97. The fourth-order valence-corrected chi connectivity index (χ4v) is 2.34. The molecule has 1 N–H and O–H groups in total. The highest BCUT2D eigenvalue weighted by Crippen LogP contribution is 2.25. The van der Waals surface area contributed by atoms with Crippen molar-refractivity contribution in [1.29, 1.82) is 0 Å². The Morgan fingerprint density at radius 1 is 1.39 bits per heavy atom. The van der Waals surface area contributed by atoms with Gasteiger partial charge in [0, 0.05) is 26.6 Å². The van der Waals surface area contributed by atoms with Crippen molar-refractivity contribution in [3.63, 3.8) is 0 Å². The number of methoxy groups -OCH3 is 1. The third-order valence-corrected chi connectivity index (χ3v) is 3.48. The van der Waals surface area contributed by atoms with Crippen LogP contribution in [0.5, 0.6) is 0 Å². The monoisotopic (exact) mass is 267 g/mol. The Hall–Kier alpha value is -1.24. The summed E-state index contributed by atoms with van der Waals surface area (Å²) in [5.41, 5.74) is 1.00. The number of hydrogen-bond acceptors (Lipinski definition) is 6. The molecule has 0 bridgehead atoms. The predicted octanol–water partition coefficient (Wildman–Crippen LogP) is 1.89. The first-order chi connectivity index (χ1) is 8.79. The van der Waals surface area contributed by atoms with Crippen molar-refractivity contribution in [1.82, 2.24) is 15.5 Å². The summed E-state index contributed by atoms with van der Waals surface area (Å²) in [5.74, 6) is 0.892. The summed E-state index contributed by atoms with van der Waals surface area (Å²) in [5, 5.41) is 13.6. The van der Waals surface area contributed by atoms with Crippen LogP contribution in [0.3, 0.4) is 0 Å². The van der Waals surface area contributed by atoms with E-state index in [1.807, 2.05) is 13.0 Å². The van der Waals surface area contributed by atoms with Gasteiger partial charge in [-0.05, 0) is 13.0 Å². The molecule has 0 amide bonds. The Morgan fingerprint density at radius 3 is 3.00 bits per heavy atom. The van der Waals surface area contributed by atoms with E-state index in [0.29, 0.717) is 0 Å². The molecule has 0 saturated carbocycles. The van der Waals surface area contributed by atoms with Gasteiger partial charge in [-0.1, -0.05) is 11.3 Å². The summed E-state index contributed by atoms with van der Waals surface area (Å²) in [6, 6.07) is 1.97. The lowest BCUT2D eigenvalue weighted by atomic mass is 10.3. The lowest BCUT2D eigenvalue weighted by Crippen LogP contribution is -2.21. The zero-order valence-electron chi connectivity index (χ0n) is 10.6. The molecular formula is C12H17N3O2S. The Bertz CT molecular complexity index is 481. The highest BCUT2D eigenvalue weighted by molar-refractivity contribution is 7.14. The molecule has 0 unspecified atom stereocenters. The van der Waals surface area contributed by atoms with Crippen molar-refractivity contribution in [2.45, 2.75) is 13.3 Å². The van der Waals surface area contributed by atoms with E-state index in [0.717, 1.165) is 47.5 Å². The van der Waals surface area contributed by atoms with Gasteiger partial charge in [0.15, 0.2) is 5.01 Å². The number of rotatable bonds is 7. The molecule has 2 rings (SSSR count). The van der Waals surface area contributed by atoms with Crippen LogP contribution >= 0.6 is 11.3 Å². The molecule has 98 valence electrons. The van der Waals surface area contributed by atoms with Crippen LogP contribution in [0.4, 0.5) is 0 Å². The highest BCUT2D eigenvalue weighted by Gasteiger charge is 2.08. The molecule has 18 heavy (non-hydrogen) atoms. The quantitative estimate of drug-likeness (QED) is 0.776. The summed E-state index contributed by atoms with van der Waals surface area (Å²) in [6.07, 6.45) is 2.61. The zero-order chi connectivity index (χ0) is 12.8. The molecule has 0 aliphatic carbocycles. The molecule has 2 aromatic rings. The van der Waals surface area contributed by atoms with E-state index in [2.05, 4.69) is 15.5 Å². The second kappa shape index (κ2) is 6.63. The minimum Gasteiger partial charge on any atom is -0.469 e. The third kappa shape index (κ3) is 3.63. The second-order valence-corrected chi connectivity index (χ2v) is 5.00. The van der Waals surface area contributed by atoms with Gasteiger partial charge < -0.3 is 14.5 Å². The first-order valence-corrected chi connectivity index (χ1v) is 6.69.